The zero-order chi connectivity index (χ0) is 14.5. The maximum Gasteiger partial charge on any atom is 0.292 e. The second-order valence-electron chi connectivity index (χ2n) is 5.21. The van der Waals surface area contributed by atoms with Crippen LogP contribution in [0.25, 0.3) is 0 Å². The zero-order valence-electron chi connectivity index (χ0n) is 11.1. The van der Waals surface area contributed by atoms with Gasteiger partial charge in [0.2, 0.25) is 5.78 Å². The summed E-state index contributed by atoms with van der Waals surface area (Å²) in [5.41, 5.74) is 0.398. The van der Waals surface area contributed by atoms with Crippen molar-refractivity contribution in [3.63, 3.8) is 0 Å². The molecule has 1 fully saturated rings. The molecule has 2 N–H and O–H groups in total. The van der Waals surface area contributed by atoms with Crippen molar-refractivity contribution in [2.45, 2.75) is 31.7 Å². The third-order valence-electron chi connectivity index (χ3n) is 3.75. The Morgan fingerprint density at radius 1 is 1.15 bits per heavy atom. The van der Waals surface area contributed by atoms with Gasteiger partial charge in [0, 0.05) is 22.7 Å². The van der Waals surface area contributed by atoms with E-state index in [0.29, 0.717) is 11.5 Å². The minimum absolute atomic E-state index is 0.0460. The van der Waals surface area contributed by atoms with Gasteiger partial charge in [-0.15, -0.1) is 0 Å². The highest BCUT2D eigenvalue weighted by atomic mass is 79.9. The molecule has 0 atom stereocenters. The Balaban J connectivity index is 1.89. The summed E-state index contributed by atoms with van der Waals surface area (Å²) in [6, 6.07) is 6.80. The number of hydrogen-bond acceptors (Lipinski definition) is 3. The molecule has 0 aromatic heterocycles. The van der Waals surface area contributed by atoms with Crippen molar-refractivity contribution < 1.29 is 14.7 Å². The number of Topliss-reactive ketones (excluding diaryl/α,β-unsaturated/α-hetero) is 1. The van der Waals surface area contributed by atoms with Gasteiger partial charge in [-0.2, -0.15) is 0 Å². The number of hydrogen-bond donors (Lipinski definition) is 2. The summed E-state index contributed by atoms with van der Waals surface area (Å²) >= 11 is 3.29. The predicted molar refractivity (Wildman–Crippen MR) is 79.4 cm³/mol. The number of carbonyl (C=O) groups is 2. The van der Waals surface area contributed by atoms with Gasteiger partial charge in [-0.3, -0.25) is 9.59 Å². The molecule has 0 bridgehead atoms. The third-order valence-corrected chi connectivity index (χ3v) is 4.28. The van der Waals surface area contributed by atoms with Crippen LogP contribution in [-0.2, 0) is 4.79 Å². The summed E-state index contributed by atoms with van der Waals surface area (Å²) in [6.07, 6.45) is 3.44. The lowest BCUT2D eigenvalue weighted by Gasteiger charge is -2.27. The fraction of sp³-hybridized carbons (Fsp3) is 0.467. The van der Waals surface area contributed by atoms with Crippen LogP contribution in [0.1, 0.15) is 36.0 Å². The van der Waals surface area contributed by atoms with E-state index < -0.39 is 11.7 Å². The number of amides is 1. The van der Waals surface area contributed by atoms with Crippen LogP contribution in [0.5, 0.6) is 0 Å². The van der Waals surface area contributed by atoms with E-state index in [1.54, 1.807) is 24.3 Å². The molecule has 1 aliphatic rings. The molecule has 0 radical (unpaired) electrons. The van der Waals surface area contributed by atoms with E-state index in [4.69, 9.17) is 5.11 Å². The molecular formula is C15H18BrNO3. The first-order valence-corrected chi connectivity index (χ1v) is 7.61. The van der Waals surface area contributed by atoms with E-state index in [2.05, 4.69) is 21.2 Å². The highest BCUT2D eigenvalue weighted by molar-refractivity contribution is 9.10. The average molecular weight is 340 g/mol. The molecule has 20 heavy (non-hydrogen) atoms. The second kappa shape index (κ2) is 6.99. The molecule has 1 aromatic carbocycles. The highest BCUT2D eigenvalue weighted by Gasteiger charge is 2.24. The van der Waals surface area contributed by atoms with Crippen molar-refractivity contribution >= 4 is 27.6 Å². The summed E-state index contributed by atoms with van der Waals surface area (Å²) in [5, 5.41) is 11.9. The maximum atomic E-state index is 12.0. The van der Waals surface area contributed by atoms with E-state index in [-0.39, 0.29) is 12.6 Å². The molecule has 2 rings (SSSR count). The largest absolute Gasteiger partial charge is 0.396 e. The van der Waals surface area contributed by atoms with Gasteiger partial charge < -0.3 is 10.4 Å². The average Bonchev–Trinajstić information content (AvgIpc) is 2.48. The molecule has 1 saturated carbocycles. The van der Waals surface area contributed by atoms with Gasteiger partial charge in [0.25, 0.3) is 5.91 Å². The van der Waals surface area contributed by atoms with Crippen LogP contribution in [0, 0.1) is 5.92 Å². The topological polar surface area (TPSA) is 66.4 Å². The minimum Gasteiger partial charge on any atom is -0.396 e. The van der Waals surface area contributed by atoms with E-state index >= 15 is 0 Å². The fourth-order valence-corrected chi connectivity index (χ4v) is 2.74. The fourth-order valence-electron chi connectivity index (χ4n) is 2.47. The van der Waals surface area contributed by atoms with Crippen molar-refractivity contribution in [3.8, 4) is 0 Å². The number of rotatable bonds is 4. The molecule has 5 heteroatoms. The van der Waals surface area contributed by atoms with Gasteiger partial charge in [0.15, 0.2) is 0 Å². The maximum absolute atomic E-state index is 12.0. The predicted octanol–water partition coefficient (Wildman–Crippen LogP) is 2.30. The minimum atomic E-state index is -0.542. The summed E-state index contributed by atoms with van der Waals surface area (Å²) in [5.74, 6) is -0.702. The summed E-state index contributed by atoms with van der Waals surface area (Å²) < 4.78 is 0.872. The normalized spacial score (nSPS) is 22.3. The molecule has 108 valence electrons. The van der Waals surface area contributed by atoms with Crippen LogP contribution in [0.3, 0.4) is 0 Å². The summed E-state index contributed by atoms with van der Waals surface area (Å²) in [6.45, 7) is 0.207. The molecule has 0 aliphatic heterocycles. The van der Waals surface area contributed by atoms with Crippen LogP contribution < -0.4 is 5.32 Å². The summed E-state index contributed by atoms with van der Waals surface area (Å²) in [4.78, 5) is 23.9. The Morgan fingerprint density at radius 3 is 2.30 bits per heavy atom. The molecule has 0 unspecified atom stereocenters. The molecule has 0 saturated heterocycles. The third kappa shape index (κ3) is 3.90. The molecule has 0 heterocycles. The Morgan fingerprint density at radius 2 is 1.75 bits per heavy atom. The number of aliphatic hydroxyl groups excluding tert-OH is 1. The lowest BCUT2D eigenvalue weighted by Crippen LogP contribution is -2.41. The monoisotopic (exact) mass is 339 g/mol. The number of ketones is 1. The number of carbonyl (C=O) groups excluding carboxylic acids is 2. The van der Waals surface area contributed by atoms with E-state index in [0.717, 1.165) is 30.2 Å². The van der Waals surface area contributed by atoms with Crippen molar-refractivity contribution in [3.05, 3.63) is 34.3 Å². The van der Waals surface area contributed by atoms with Crippen LogP contribution in [-0.4, -0.2) is 29.4 Å². The number of nitrogens with one attached hydrogen (secondary N) is 1. The van der Waals surface area contributed by atoms with Crippen LogP contribution >= 0.6 is 15.9 Å². The number of halogens is 1. The molecule has 1 aromatic rings. The van der Waals surface area contributed by atoms with Gasteiger partial charge in [0.1, 0.15) is 0 Å². The Kier molecular flexibility index (Phi) is 5.31. The first kappa shape index (κ1) is 15.2. The van der Waals surface area contributed by atoms with E-state index in [1.807, 2.05) is 0 Å². The number of benzene rings is 1. The van der Waals surface area contributed by atoms with Crippen LogP contribution in [0.2, 0.25) is 0 Å². The van der Waals surface area contributed by atoms with Gasteiger partial charge in [-0.25, -0.2) is 0 Å². The van der Waals surface area contributed by atoms with Crippen molar-refractivity contribution in [1.29, 1.82) is 0 Å². The molecule has 1 aliphatic carbocycles. The van der Waals surface area contributed by atoms with Crippen LogP contribution in [0.15, 0.2) is 28.7 Å². The molecule has 4 nitrogen and oxygen atoms in total. The SMILES string of the molecule is O=C(NC1CCC(CO)CC1)C(=O)c1ccc(Br)cc1. The Bertz CT molecular complexity index is 478. The highest BCUT2D eigenvalue weighted by Crippen LogP contribution is 2.23. The van der Waals surface area contributed by atoms with Gasteiger partial charge >= 0.3 is 0 Å². The quantitative estimate of drug-likeness (QED) is 0.653. The Labute approximate surface area is 126 Å². The lowest BCUT2D eigenvalue weighted by molar-refractivity contribution is -0.117. The first-order chi connectivity index (χ1) is 9.60. The van der Waals surface area contributed by atoms with Crippen molar-refractivity contribution in [2.75, 3.05) is 6.61 Å². The van der Waals surface area contributed by atoms with Gasteiger partial charge in [-0.1, -0.05) is 15.9 Å². The number of aliphatic hydroxyl groups is 1. The zero-order valence-corrected chi connectivity index (χ0v) is 12.7. The van der Waals surface area contributed by atoms with Crippen LogP contribution in [0.4, 0.5) is 0 Å². The molecule has 1 amide bonds. The summed E-state index contributed by atoms with van der Waals surface area (Å²) in [7, 11) is 0. The molecular weight excluding hydrogens is 322 g/mol. The Hall–Kier alpha value is -1.20. The standard InChI is InChI=1S/C15H18BrNO3/c16-12-5-3-11(4-6-12)14(19)15(20)17-13-7-1-10(9-18)2-8-13/h3-6,10,13,18H,1-2,7-9H2,(H,17,20). The van der Waals surface area contributed by atoms with E-state index in [9.17, 15) is 9.59 Å². The van der Waals surface area contributed by atoms with Gasteiger partial charge in [0.05, 0.1) is 0 Å². The van der Waals surface area contributed by atoms with Gasteiger partial charge in [-0.05, 0) is 55.9 Å². The molecule has 0 spiro atoms. The van der Waals surface area contributed by atoms with E-state index in [1.165, 1.54) is 0 Å². The second-order valence-corrected chi connectivity index (χ2v) is 6.13. The lowest BCUT2D eigenvalue weighted by atomic mass is 9.86. The first-order valence-electron chi connectivity index (χ1n) is 6.81. The smallest absolute Gasteiger partial charge is 0.292 e. The van der Waals surface area contributed by atoms with Crippen molar-refractivity contribution in [2.24, 2.45) is 5.92 Å². The van der Waals surface area contributed by atoms with Crippen molar-refractivity contribution in [1.82, 2.24) is 5.32 Å².